The van der Waals surface area contributed by atoms with E-state index in [2.05, 4.69) is 19.9 Å². The molecular weight excluding hydrogens is 368 g/mol. The molecule has 1 aromatic heterocycles. The smallest absolute Gasteiger partial charge is 0.263 e. The minimum atomic E-state index is -3.81. The number of phenolic OH excluding ortho intramolecular Hbond substituents is 1. The van der Waals surface area contributed by atoms with Crippen LogP contribution in [-0.4, -0.2) is 37.0 Å². The largest absolute Gasteiger partial charge is 0.507 e. The van der Waals surface area contributed by atoms with Gasteiger partial charge in [0.25, 0.3) is 10.0 Å². The minimum absolute atomic E-state index is 0.0571. The molecule has 0 fully saturated rings. The SMILES string of the molecule is COc1ccc(NS(=O)(=O)c2ccc(N=Cc3ccccc3O)cc2)nn1. The number of ether oxygens (including phenoxy) is 1. The van der Waals surface area contributed by atoms with Gasteiger partial charge in [-0.15, -0.1) is 10.2 Å². The van der Waals surface area contributed by atoms with Crippen molar-refractivity contribution in [1.82, 2.24) is 10.2 Å². The number of phenols is 1. The highest BCUT2D eigenvalue weighted by atomic mass is 32.2. The zero-order valence-corrected chi connectivity index (χ0v) is 15.1. The van der Waals surface area contributed by atoms with E-state index in [-0.39, 0.29) is 22.3 Å². The van der Waals surface area contributed by atoms with Gasteiger partial charge in [0, 0.05) is 17.8 Å². The van der Waals surface area contributed by atoms with Crippen molar-refractivity contribution in [3.8, 4) is 11.6 Å². The molecule has 9 heteroatoms. The minimum Gasteiger partial charge on any atom is -0.507 e. The molecule has 0 amide bonds. The number of hydrogen-bond donors (Lipinski definition) is 2. The number of methoxy groups -OCH3 is 1. The molecule has 0 saturated heterocycles. The van der Waals surface area contributed by atoms with Crippen molar-refractivity contribution in [1.29, 1.82) is 0 Å². The Labute approximate surface area is 156 Å². The summed E-state index contributed by atoms with van der Waals surface area (Å²) in [6, 6.07) is 15.7. The molecule has 8 nitrogen and oxygen atoms in total. The summed E-state index contributed by atoms with van der Waals surface area (Å²) in [4.78, 5) is 4.28. The van der Waals surface area contributed by atoms with Crippen molar-refractivity contribution in [2.24, 2.45) is 4.99 Å². The van der Waals surface area contributed by atoms with Crippen LogP contribution in [0.3, 0.4) is 0 Å². The van der Waals surface area contributed by atoms with Gasteiger partial charge in [-0.1, -0.05) is 12.1 Å². The fourth-order valence-electron chi connectivity index (χ4n) is 2.13. The second-order valence-electron chi connectivity index (χ2n) is 5.38. The van der Waals surface area contributed by atoms with E-state index in [1.54, 1.807) is 36.4 Å². The highest BCUT2D eigenvalue weighted by molar-refractivity contribution is 7.92. The van der Waals surface area contributed by atoms with Crippen molar-refractivity contribution >= 4 is 27.7 Å². The number of nitrogens with one attached hydrogen (secondary N) is 1. The van der Waals surface area contributed by atoms with Gasteiger partial charge in [0.15, 0.2) is 5.82 Å². The quantitative estimate of drug-likeness (QED) is 0.632. The molecule has 3 aromatic rings. The summed E-state index contributed by atoms with van der Waals surface area (Å²) in [7, 11) is -2.37. The van der Waals surface area contributed by atoms with Crippen LogP contribution >= 0.6 is 0 Å². The van der Waals surface area contributed by atoms with Crippen molar-refractivity contribution < 1.29 is 18.3 Å². The molecule has 0 bridgehead atoms. The van der Waals surface area contributed by atoms with E-state index in [4.69, 9.17) is 4.74 Å². The first-order valence-corrected chi connectivity index (χ1v) is 9.29. The summed E-state index contributed by atoms with van der Waals surface area (Å²) >= 11 is 0. The fourth-order valence-corrected chi connectivity index (χ4v) is 3.13. The number of aliphatic imine (C=N–C) groups is 1. The second kappa shape index (κ2) is 7.83. The monoisotopic (exact) mass is 384 g/mol. The Morgan fingerprint density at radius 1 is 1.04 bits per heavy atom. The number of anilines is 1. The van der Waals surface area contributed by atoms with Crippen LogP contribution in [0, 0.1) is 0 Å². The highest BCUT2D eigenvalue weighted by Gasteiger charge is 2.15. The van der Waals surface area contributed by atoms with Gasteiger partial charge in [-0.05, 0) is 42.5 Å². The Kier molecular flexibility index (Phi) is 5.32. The molecule has 3 rings (SSSR count). The van der Waals surface area contributed by atoms with E-state index in [1.807, 2.05) is 0 Å². The number of nitrogens with zero attached hydrogens (tertiary/aromatic N) is 3. The van der Waals surface area contributed by atoms with Crippen LogP contribution in [0.4, 0.5) is 11.5 Å². The average Bonchev–Trinajstić information content (AvgIpc) is 2.68. The van der Waals surface area contributed by atoms with E-state index < -0.39 is 10.0 Å². The first kappa shape index (κ1) is 18.3. The zero-order valence-electron chi connectivity index (χ0n) is 14.3. The van der Waals surface area contributed by atoms with Crippen LogP contribution in [0.25, 0.3) is 0 Å². The van der Waals surface area contributed by atoms with Gasteiger partial charge < -0.3 is 9.84 Å². The highest BCUT2D eigenvalue weighted by Crippen LogP contribution is 2.20. The number of para-hydroxylation sites is 1. The molecule has 0 saturated carbocycles. The van der Waals surface area contributed by atoms with Crippen molar-refractivity contribution in [3.05, 3.63) is 66.2 Å². The number of aromatic nitrogens is 2. The first-order chi connectivity index (χ1) is 13.0. The Morgan fingerprint density at radius 3 is 2.41 bits per heavy atom. The first-order valence-electron chi connectivity index (χ1n) is 7.80. The Balaban J connectivity index is 1.74. The average molecular weight is 384 g/mol. The number of hydrogen-bond acceptors (Lipinski definition) is 7. The van der Waals surface area contributed by atoms with Gasteiger partial charge in [0.1, 0.15) is 5.75 Å². The number of rotatable bonds is 6. The Bertz CT molecular complexity index is 1050. The molecule has 0 aliphatic rings. The van der Waals surface area contributed by atoms with Gasteiger partial charge in [-0.2, -0.15) is 0 Å². The van der Waals surface area contributed by atoms with Gasteiger partial charge >= 0.3 is 0 Å². The Hall–Kier alpha value is -3.46. The van der Waals surface area contributed by atoms with Crippen LogP contribution in [0.2, 0.25) is 0 Å². The summed E-state index contributed by atoms with van der Waals surface area (Å²) < 4.78 is 32.0. The molecule has 0 atom stereocenters. The molecule has 1 heterocycles. The standard InChI is InChI=1S/C18H16N4O4S/c1-26-18-11-10-17(20-21-18)22-27(24,25)15-8-6-14(7-9-15)19-12-13-4-2-3-5-16(13)23/h2-12,23H,1H3,(H,20,22). The molecule has 0 aliphatic heterocycles. The maximum atomic E-state index is 12.4. The second-order valence-corrected chi connectivity index (χ2v) is 7.06. The number of aromatic hydroxyl groups is 1. The molecule has 138 valence electrons. The molecule has 0 radical (unpaired) electrons. The normalized spacial score (nSPS) is 11.4. The summed E-state index contributed by atoms with van der Waals surface area (Å²) in [5.74, 6) is 0.479. The van der Waals surface area contributed by atoms with E-state index in [9.17, 15) is 13.5 Å². The van der Waals surface area contributed by atoms with Crippen LogP contribution in [0.15, 0.2) is 70.6 Å². The van der Waals surface area contributed by atoms with Crippen LogP contribution in [0.5, 0.6) is 11.6 Å². The molecule has 2 aromatic carbocycles. The number of benzene rings is 2. The van der Waals surface area contributed by atoms with Crippen LogP contribution in [-0.2, 0) is 10.0 Å². The lowest BCUT2D eigenvalue weighted by Crippen LogP contribution is -2.14. The molecule has 0 aliphatic carbocycles. The molecule has 27 heavy (non-hydrogen) atoms. The topological polar surface area (TPSA) is 114 Å². The van der Waals surface area contributed by atoms with E-state index in [1.165, 1.54) is 37.6 Å². The predicted octanol–water partition coefficient (Wildman–Crippen LogP) is 2.74. The van der Waals surface area contributed by atoms with Gasteiger partial charge in [-0.3, -0.25) is 9.71 Å². The third kappa shape index (κ3) is 4.59. The molecule has 2 N–H and O–H groups in total. The lowest BCUT2D eigenvalue weighted by molar-refractivity contribution is 0.392. The summed E-state index contributed by atoms with van der Waals surface area (Å²) in [5.41, 5.74) is 1.11. The summed E-state index contributed by atoms with van der Waals surface area (Å²) in [5, 5.41) is 17.2. The summed E-state index contributed by atoms with van der Waals surface area (Å²) in [6.45, 7) is 0. The van der Waals surface area contributed by atoms with Crippen molar-refractivity contribution in [2.45, 2.75) is 4.90 Å². The maximum Gasteiger partial charge on any atom is 0.263 e. The third-order valence-electron chi connectivity index (χ3n) is 3.52. The van der Waals surface area contributed by atoms with Gasteiger partial charge in [0.2, 0.25) is 5.88 Å². The van der Waals surface area contributed by atoms with E-state index in [0.717, 1.165) is 0 Å². The van der Waals surface area contributed by atoms with E-state index >= 15 is 0 Å². The van der Waals surface area contributed by atoms with Crippen molar-refractivity contribution in [3.63, 3.8) is 0 Å². The van der Waals surface area contributed by atoms with Crippen LogP contribution < -0.4 is 9.46 Å². The lowest BCUT2D eigenvalue weighted by Gasteiger charge is -2.07. The van der Waals surface area contributed by atoms with Gasteiger partial charge in [0.05, 0.1) is 17.7 Å². The van der Waals surface area contributed by atoms with Crippen LogP contribution in [0.1, 0.15) is 5.56 Å². The maximum absolute atomic E-state index is 12.4. The van der Waals surface area contributed by atoms with Gasteiger partial charge in [-0.25, -0.2) is 8.42 Å². The molecule has 0 spiro atoms. The lowest BCUT2D eigenvalue weighted by atomic mass is 10.2. The predicted molar refractivity (Wildman–Crippen MR) is 101 cm³/mol. The zero-order chi connectivity index (χ0) is 19.3. The van der Waals surface area contributed by atoms with E-state index in [0.29, 0.717) is 11.3 Å². The molecule has 0 unspecified atom stereocenters. The molecular formula is C18H16N4O4S. The fraction of sp³-hybridized carbons (Fsp3) is 0.0556. The third-order valence-corrected chi connectivity index (χ3v) is 4.90. The van der Waals surface area contributed by atoms with Crippen molar-refractivity contribution in [2.75, 3.05) is 11.8 Å². The summed E-state index contributed by atoms with van der Waals surface area (Å²) in [6.07, 6.45) is 1.50. The Morgan fingerprint density at radius 2 is 1.78 bits per heavy atom. The number of sulfonamides is 1.